The number of anilines is 3. The van der Waals surface area contributed by atoms with Crippen molar-refractivity contribution in [3.05, 3.63) is 72.2 Å². The van der Waals surface area contributed by atoms with Crippen LogP contribution in [0.4, 0.5) is 17.2 Å². The van der Waals surface area contributed by atoms with Crippen molar-refractivity contribution in [3.8, 4) is 5.75 Å². The van der Waals surface area contributed by atoms with Crippen molar-refractivity contribution in [3.63, 3.8) is 0 Å². The van der Waals surface area contributed by atoms with Crippen LogP contribution in [0.2, 0.25) is 0 Å². The fraction of sp³-hybridized carbons (Fsp3) is 0.150. The summed E-state index contributed by atoms with van der Waals surface area (Å²) in [6.07, 6.45) is 1.36. The average molecular weight is 348 g/mol. The molecule has 0 aliphatic rings. The van der Waals surface area contributed by atoms with Gasteiger partial charge in [0.1, 0.15) is 23.6 Å². The minimum Gasteiger partial charge on any atom is -0.492 e. The molecule has 2 aromatic carbocycles. The zero-order valence-corrected chi connectivity index (χ0v) is 14.7. The predicted molar refractivity (Wildman–Crippen MR) is 102 cm³/mol. The van der Waals surface area contributed by atoms with Crippen LogP contribution in [0, 0.1) is 6.92 Å². The highest BCUT2D eigenvalue weighted by Gasteiger charge is 2.10. The van der Waals surface area contributed by atoms with E-state index in [-0.39, 0.29) is 11.6 Å². The van der Waals surface area contributed by atoms with E-state index in [1.54, 1.807) is 6.07 Å². The smallest absolute Gasteiger partial charge is 0.274 e. The lowest BCUT2D eigenvalue weighted by atomic mass is 10.2. The van der Waals surface area contributed by atoms with Crippen molar-refractivity contribution >= 4 is 23.1 Å². The predicted octanol–water partition coefficient (Wildman–Crippen LogP) is 4.18. The van der Waals surface area contributed by atoms with E-state index in [1.165, 1.54) is 6.33 Å². The first kappa shape index (κ1) is 17.4. The van der Waals surface area contributed by atoms with Crippen LogP contribution in [-0.4, -0.2) is 22.5 Å². The molecule has 0 saturated heterocycles. The van der Waals surface area contributed by atoms with Crippen LogP contribution in [-0.2, 0) is 0 Å². The fourth-order valence-corrected chi connectivity index (χ4v) is 2.46. The molecule has 132 valence electrons. The van der Waals surface area contributed by atoms with Gasteiger partial charge < -0.3 is 15.4 Å². The Bertz CT molecular complexity index is 912. The average Bonchev–Trinajstić information content (AvgIpc) is 2.64. The summed E-state index contributed by atoms with van der Waals surface area (Å²) in [4.78, 5) is 20.7. The Hall–Kier alpha value is -3.41. The van der Waals surface area contributed by atoms with Crippen molar-refractivity contribution in [2.45, 2.75) is 13.8 Å². The van der Waals surface area contributed by atoms with Crippen LogP contribution >= 0.6 is 0 Å². The zero-order valence-electron chi connectivity index (χ0n) is 14.7. The van der Waals surface area contributed by atoms with Crippen LogP contribution < -0.4 is 15.4 Å². The van der Waals surface area contributed by atoms with Gasteiger partial charge in [-0.15, -0.1) is 0 Å². The van der Waals surface area contributed by atoms with E-state index in [0.717, 1.165) is 22.7 Å². The Morgan fingerprint density at radius 1 is 1.08 bits per heavy atom. The van der Waals surface area contributed by atoms with Crippen molar-refractivity contribution in [2.24, 2.45) is 0 Å². The van der Waals surface area contributed by atoms with E-state index < -0.39 is 0 Å². The molecule has 26 heavy (non-hydrogen) atoms. The molecule has 3 rings (SSSR count). The lowest BCUT2D eigenvalue weighted by molar-refractivity contribution is 0.102. The third kappa shape index (κ3) is 4.36. The largest absolute Gasteiger partial charge is 0.492 e. The molecule has 0 bridgehead atoms. The van der Waals surface area contributed by atoms with Gasteiger partial charge in [-0.2, -0.15) is 0 Å². The first-order chi connectivity index (χ1) is 12.7. The monoisotopic (exact) mass is 348 g/mol. The van der Waals surface area contributed by atoms with Gasteiger partial charge in [-0.1, -0.05) is 24.3 Å². The van der Waals surface area contributed by atoms with Crippen molar-refractivity contribution in [2.75, 3.05) is 17.2 Å². The highest BCUT2D eigenvalue weighted by atomic mass is 16.5. The van der Waals surface area contributed by atoms with E-state index in [4.69, 9.17) is 4.74 Å². The second-order valence-electron chi connectivity index (χ2n) is 5.67. The summed E-state index contributed by atoms with van der Waals surface area (Å²) in [5, 5.41) is 6.01. The SMILES string of the molecule is CCOc1ccccc1Nc1cc(C(=O)Nc2cccc(C)c2)ncn1. The molecule has 1 heterocycles. The maximum absolute atomic E-state index is 12.4. The molecule has 3 aromatic rings. The molecule has 0 aliphatic heterocycles. The van der Waals surface area contributed by atoms with Gasteiger partial charge in [-0.05, 0) is 43.7 Å². The molecule has 0 radical (unpaired) electrons. The summed E-state index contributed by atoms with van der Waals surface area (Å²) in [6, 6.07) is 16.8. The van der Waals surface area contributed by atoms with Crippen molar-refractivity contribution in [1.82, 2.24) is 9.97 Å². The molecule has 0 fully saturated rings. The van der Waals surface area contributed by atoms with Gasteiger partial charge >= 0.3 is 0 Å². The van der Waals surface area contributed by atoms with Gasteiger partial charge in [-0.3, -0.25) is 4.79 Å². The molecule has 1 aromatic heterocycles. The summed E-state index contributed by atoms with van der Waals surface area (Å²) >= 11 is 0. The standard InChI is InChI=1S/C20H20N4O2/c1-3-26-18-10-5-4-9-16(18)24-19-12-17(21-13-22-19)20(25)23-15-8-6-7-14(2)11-15/h4-13H,3H2,1-2H3,(H,23,25)(H,21,22,24). The summed E-state index contributed by atoms with van der Waals surface area (Å²) in [6.45, 7) is 4.46. The van der Waals surface area contributed by atoms with Crippen molar-refractivity contribution in [1.29, 1.82) is 0 Å². The van der Waals surface area contributed by atoms with Crippen LogP contribution in [0.15, 0.2) is 60.9 Å². The molecule has 6 nitrogen and oxygen atoms in total. The second-order valence-corrected chi connectivity index (χ2v) is 5.67. The van der Waals surface area contributed by atoms with E-state index in [2.05, 4.69) is 20.6 Å². The van der Waals surface area contributed by atoms with E-state index in [1.807, 2.05) is 62.4 Å². The molecule has 0 spiro atoms. The van der Waals surface area contributed by atoms with Gasteiger partial charge in [0.15, 0.2) is 0 Å². The number of aryl methyl sites for hydroxylation is 1. The zero-order chi connectivity index (χ0) is 18.4. The quantitative estimate of drug-likeness (QED) is 0.699. The third-order valence-electron chi connectivity index (χ3n) is 3.63. The normalized spacial score (nSPS) is 10.2. The maximum Gasteiger partial charge on any atom is 0.274 e. The topological polar surface area (TPSA) is 76.1 Å². The first-order valence-electron chi connectivity index (χ1n) is 8.34. The number of ether oxygens (including phenoxy) is 1. The summed E-state index contributed by atoms with van der Waals surface area (Å²) < 4.78 is 5.59. The third-order valence-corrected chi connectivity index (χ3v) is 3.63. The Balaban J connectivity index is 1.77. The number of benzene rings is 2. The number of hydrogen-bond donors (Lipinski definition) is 2. The molecule has 2 N–H and O–H groups in total. The number of aromatic nitrogens is 2. The molecule has 0 aliphatic carbocycles. The number of nitrogens with one attached hydrogen (secondary N) is 2. The van der Waals surface area contributed by atoms with Crippen LogP contribution in [0.5, 0.6) is 5.75 Å². The minimum atomic E-state index is -0.292. The maximum atomic E-state index is 12.4. The Morgan fingerprint density at radius 3 is 2.73 bits per heavy atom. The van der Waals surface area contributed by atoms with Crippen LogP contribution in [0.1, 0.15) is 23.0 Å². The van der Waals surface area contributed by atoms with E-state index in [0.29, 0.717) is 12.4 Å². The first-order valence-corrected chi connectivity index (χ1v) is 8.34. The van der Waals surface area contributed by atoms with Crippen LogP contribution in [0.25, 0.3) is 0 Å². The molecule has 6 heteroatoms. The van der Waals surface area contributed by atoms with Gasteiger partial charge in [0.25, 0.3) is 5.91 Å². The molecule has 0 atom stereocenters. The molecule has 0 saturated carbocycles. The number of nitrogens with zero attached hydrogens (tertiary/aromatic N) is 2. The second kappa shape index (κ2) is 8.11. The Labute approximate surface area is 152 Å². The van der Waals surface area contributed by atoms with E-state index in [9.17, 15) is 4.79 Å². The van der Waals surface area contributed by atoms with Gasteiger partial charge in [-0.25, -0.2) is 9.97 Å². The highest BCUT2D eigenvalue weighted by Crippen LogP contribution is 2.26. The van der Waals surface area contributed by atoms with Gasteiger partial charge in [0.2, 0.25) is 0 Å². The number of carbonyl (C=O) groups excluding carboxylic acids is 1. The summed E-state index contributed by atoms with van der Waals surface area (Å²) in [5.74, 6) is 0.945. The highest BCUT2D eigenvalue weighted by molar-refractivity contribution is 6.03. The van der Waals surface area contributed by atoms with Crippen LogP contribution in [0.3, 0.4) is 0 Å². The number of amides is 1. The molecular formula is C20H20N4O2. The molecule has 0 unspecified atom stereocenters. The minimum absolute atomic E-state index is 0.276. The van der Waals surface area contributed by atoms with Crippen molar-refractivity contribution < 1.29 is 9.53 Å². The van der Waals surface area contributed by atoms with E-state index >= 15 is 0 Å². The van der Waals surface area contributed by atoms with Gasteiger partial charge in [0.05, 0.1) is 12.3 Å². The number of rotatable bonds is 6. The number of para-hydroxylation sites is 2. The summed E-state index contributed by atoms with van der Waals surface area (Å²) in [5.41, 5.74) is 2.85. The number of hydrogen-bond acceptors (Lipinski definition) is 5. The lowest BCUT2D eigenvalue weighted by Gasteiger charge is -2.12. The van der Waals surface area contributed by atoms with Gasteiger partial charge in [0, 0.05) is 11.8 Å². The Morgan fingerprint density at radius 2 is 1.92 bits per heavy atom. The Kier molecular flexibility index (Phi) is 5.43. The molecule has 1 amide bonds. The summed E-state index contributed by atoms with van der Waals surface area (Å²) in [7, 11) is 0. The number of carbonyl (C=O) groups is 1. The molecular weight excluding hydrogens is 328 g/mol. The lowest BCUT2D eigenvalue weighted by Crippen LogP contribution is -2.14. The fourth-order valence-electron chi connectivity index (χ4n) is 2.46.